The van der Waals surface area contributed by atoms with E-state index in [0.717, 1.165) is 10.2 Å². The molecule has 0 aliphatic carbocycles. The van der Waals surface area contributed by atoms with Gasteiger partial charge in [-0.2, -0.15) is 0 Å². The molecule has 0 fully saturated rings. The van der Waals surface area contributed by atoms with Crippen LogP contribution in [-0.2, 0) is 14.3 Å². The molecule has 0 saturated carbocycles. The van der Waals surface area contributed by atoms with E-state index in [0.29, 0.717) is 26.1 Å². The first-order valence-corrected chi connectivity index (χ1v) is 8.58. The van der Waals surface area contributed by atoms with Gasteiger partial charge >= 0.3 is 5.97 Å². The zero-order valence-corrected chi connectivity index (χ0v) is 15.4. The fourth-order valence-electron chi connectivity index (χ4n) is 1.95. The number of carbonyl (C=O) groups is 2. The summed E-state index contributed by atoms with van der Waals surface area (Å²) in [4.78, 5) is 23.8. The number of benzene rings is 1. The minimum Gasteiger partial charge on any atom is -0.492 e. The molecule has 23 heavy (non-hydrogen) atoms. The zero-order chi connectivity index (χ0) is 17.2. The molecule has 5 nitrogen and oxygen atoms in total. The summed E-state index contributed by atoms with van der Waals surface area (Å²) in [5.74, 6) is 0.168. The van der Waals surface area contributed by atoms with Crippen molar-refractivity contribution >= 4 is 27.8 Å². The van der Waals surface area contributed by atoms with E-state index in [4.69, 9.17) is 9.47 Å². The summed E-state index contributed by atoms with van der Waals surface area (Å²) in [7, 11) is 0. The lowest BCUT2D eigenvalue weighted by Gasteiger charge is -2.20. The van der Waals surface area contributed by atoms with Crippen molar-refractivity contribution in [3.8, 4) is 5.75 Å². The van der Waals surface area contributed by atoms with Crippen LogP contribution in [0, 0.1) is 5.92 Å². The van der Waals surface area contributed by atoms with Gasteiger partial charge in [0, 0.05) is 6.42 Å². The van der Waals surface area contributed by atoms with Crippen LogP contribution in [0.3, 0.4) is 0 Å². The normalized spacial score (nSPS) is 11.9. The summed E-state index contributed by atoms with van der Waals surface area (Å²) >= 11 is 3.40. The van der Waals surface area contributed by atoms with E-state index < -0.39 is 6.04 Å². The van der Waals surface area contributed by atoms with Crippen molar-refractivity contribution in [3.05, 3.63) is 28.7 Å². The first-order valence-electron chi connectivity index (χ1n) is 7.79. The first-order chi connectivity index (χ1) is 11.0. The maximum absolute atomic E-state index is 12.0. The number of hydrogen-bond donors (Lipinski definition) is 1. The molecule has 1 amide bonds. The summed E-state index contributed by atoms with van der Waals surface area (Å²) in [5, 5.41) is 2.73. The van der Waals surface area contributed by atoms with E-state index in [1.807, 2.05) is 38.1 Å². The van der Waals surface area contributed by atoms with Crippen LogP contribution < -0.4 is 10.1 Å². The van der Waals surface area contributed by atoms with E-state index in [-0.39, 0.29) is 17.8 Å². The summed E-state index contributed by atoms with van der Waals surface area (Å²) in [5.41, 5.74) is 0. The number of esters is 1. The molecule has 0 unspecified atom stereocenters. The maximum Gasteiger partial charge on any atom is 0.328 e. The predicted octanol–water partition coefficient (Wildman–Crippen LogP) is 3.31. The number of hydrogen-bond acceptors (Lipinski definition) is 4. The average Bonchev–Trinajstić information content (AvgIpc) is 2.50. The number of halogens is 1. The van der Waals surface area contributed by atoms with Crippen LogP contribution in [0.2, 0.25) is 0 Å². The predicted molar refractivity (Wildman–Crippen MR) is 92.3 cm³/mol. The number of ether oxygens (including phenoxy) is 2. The highest BCUT2D eigenvalue weighted by molar-refractivity contribution is 9.10. The standard InChI is InChI=1S/C17H24BrNO4/c1-4-22-17(21)16(12(2)3)19-15(20)10-7-11-23-14-9-6-5-8-13(14)18/h5-6,8-9,12,16H,4,7,10-11H2,1-3H3,(H,19,20)/t16-/m0/s1. The maximum atomic E-state index is 12.0. The van der Waals surface area contributed by atoms with Gasteiger partial charge in [-0.1, -0.05) is 26.0 Å². The van der Waals surface area contributed by atoms with Crippen LogP contribution in [-0.4, -0.2) is 31.1 Å². The van der Waals surface area contributed by atoms with Gasteiger partial charge in [-0.05, 0) is 47.3 Å². The summed E-state index contributed by atoms with van der Waals surface area (Å²) < 4.78 is 11.5. The van der Waals surface area contributed by atoms with Crippen LogP contribution in [0.5, 0.6) is 5.75 Å². The van der Waals surface area contributed by atoms with Crippen molar-refractivity contribution in [3.63, 3.8) is 0 Å². The quantitative estimate of drug-likeness (QED) is 0.523. The third kappa shape index (κ3) is 7.03. The molecule has 0 aliphatic rings. The van der Waals surface area contributed by atoms with Gasteiger partial charge in [-0.3, -0.25) is 4.79 Å². The summed E-state index contributed by atoms with van der Waals surface area (Å²) in [6.07, 6.45) is 0.869. The van der Waals surface area contributed by atoms with E-state index in [2.05, 4.69) is 21.2 Å². The number of rotatable bonds is 9. The average molecular weight is 386 g/mol. The molecule has 0 radical (unpaired) electrons. The minimum atomic E-state index is -0.605. The minimum absolute atomic E-state index is 0.0190. The molecule has 1 aromatic carbocycles. The molecule has 0 aromatic heterocycles. The zero-order valence-electron chi connectivity index (χ0n) is 13.8. The highest BCUT2D eigenvalue weighted by Gasteiger charge is 2.25. The lowest BCUT2D eigenvalue weighted by molar-refractivity contribution is -0.148. The van der Waals surface area contributed by atoms with Crippen LogP contribution in [0.25, 0.3) is 0 Å². The smallest absolute Gasteiger partial charge is 0.328 e. The van der Waals surface area contributed by atoms with Crippen molar-refractivity contribution in [2.45, 2.75) is 39.7 Å². The summed E-state index contributed by atoms with van der Waals surface area (Å²) in [6.45, 7) is 6.23. The molecule has 0 bridgehead atoms. The van der Waals surface area contributed by atoms with Gasteiger partial charge in [-0.25, -0.2) is 4.79 Å². The van der Waals surface area contributed by atoms with Crippen molar-refractivity contribution in [1.29, 1.82) is 0 Å². The van der Waals surface area contributed by atoms with Gasteiger partial charge in [0.25, 0.3) is 0 Å². The topological polar surface area (TPSA) is 64.6 Å². The highest BCUT2D eigenvalue weighted by atomic mass is 79.9. The first kappa shape index (κ1) is 19.5. The Bertz CT molecular complexity index is 519. The second kappa shape index (κ2) is 10.3. The SMILES string of the molecule is CCOC(=O)[C@@H](NC(=O)CCCOc1ccccc1Br)C(C)C. The van der Waals surface area contributed by atoms with E-state index in [1.54, 1.807) is 6.92 Å². The van der Waals surface area contributed by atoms with Gasteiger partial charge in [0.1, 0.15) is 11.8 Å². The Hall–Kier alpha value is -1.56. The molecular weight excluding hydrogens is 362 g/mol. The number of nitrogens with one attached hydrogen (secondary N) is 1. The molecule has 0 aliphatic heterocycles. The van der Waals surface area contributed by atoms with E-state index >= 15 is 0 Å². The largest absolute Gasteiger partial charge is 0.492 e. The molecule has 128 valence electrons. The summed E-state index contributed by atoms with van der Waals surface area (Å²) in [6, 6.07) is 6.95. The molecule has 1 aromatic rings. The second-order valence-corrected chi connectivity index (χ2v) is 6.28. The molecule has 0 spiro atoms. The Labute approximate surface area is 145 Å². The molecule has 0 saturated heterocycles. The molecular formula is C17H24BrNO4. The lowest BCUT2D eigenvalue weighted by atomic mass is 10.0. The van der Waals surface area contributed by atoms with E-state index in [9.17, 15) is 9.59 Å². The fraction of sp³-hybridized carbons (Fsp3) is 0.529. The van der Waals surface area contributed by atoms with Crippen molar-refractivity contribution in [1.82, 2.24) is 5.32 Å². The Morgan fingerprint density at radius 1 is 1.26 bits per heavy atom. The van der Waals surface area contributed by atoms with Crippen molar-refractivity contribution in [2.24, 2.45) is 5.92 Å². The Kier molecular flexibility index (Phi) is 8.69. The number of carbonyl (C=O) groups excluding carboxylic acids is 2. The van der Waals surface area contributed by atoms with Gasteiger partial charge in [-0.15, -0.1) is 0 Å². The lowest BCUT2D eigenvalue weighted by Crippen LogP contribution is -2.45. The molecule has 0 heterocycles. The highest BCUT2D eigenvalue weighted by Crippen LogP contribution is 2.23. The monoisotopic (exact) mass is 385 g/mol. The van der Waals surface area contributed by atoms with Crippen molar-refractivity contribution in [2.75, 3.05) is 13.2 Å². The van der Waals surface area contributed by atoms with Crippen molar-refractivity contribution < 1.29 is 19.1 Å². The number of amides is 1. The molecule has 1 N–H and O–H groups in total. The van der Waals surface area contributed by atoms with Crippen LogP contribution >= 0.6 is 15.9 Å². The third-order valence-corrected chi connectivity index (χ3v) is 3.82. The van der Waals surface area contributed by atoms with Crippen LogP contribution in [0.1, 0.15) is 33.6 Å². The Balaban J connectivity index is 2.35. The van der Waals surface area contributed by atoms with Gasteiger partial charge in [0.2, 0.25) is 5.91 Å². The van der Waals surface area contributed by atoms with Crippen LogP contribution in [0.4, 0.5) is 0 Å². The van der Waals surface area contributed by atoms with Gasteiger partial charge in [0.15, 0.2) is 0 Å². The van der Waals surface area contributed by atoms with Crippen LogP contribution in [0.15, 0.2) is 28.7 Å². The van der Waals surface area contributed by atoms with Gasteiger partial charge < -0.3 is 14.8 Å². The molecule has 1 atom stereocenters. The van der Waals surface area contributed by atoms with E-state index in [1.165, 1.54) is 0 Å². The second-order valence-electron chi connectivity index (χ2n) is 5.42. The Morgan fingerprint density at radius 2 is 1.96 bits per heavy atom. The molecule has 6 heteroatoms. The number of para-hydroxylation sites is 1. The Morgan fingerprint density at radius 3 is 2.57 bits per heavy atom. The molecule has 1 rings (SSSR count). The van der Waals surface area contributed by atoms with Gasteiger partial charge in [0.05, 0.1) is 17.7 Å². The fourth-order valence-corrected chi connectivity index (χ4v) is 2.35. The third-order valence-electron chi connectivity index (χ3n) is 3.17.